The molecule has 6 nitrogen and oxygen atoms in total. The lowest BCUT2D eigenvalue weighted by Gasteiger charge is -2.15. The Labute approximate surface area is 111 Å². The Morgan fingerprint density at radius 1 is 1.32 bits per heavy atom. The van der Waals surface area contributed by atoms with Gasteiger partial charge in [-0.1, -0.05) is 30.3 Å². The lowest BCUT2D eigenvalue weighted by Crippen LogP contribution is -2.43. The van der Waals surface area contributed by atoms with E-state index in [2.05, 4.69) is 14.9 Å². The molecule has 0 heterocycles. The number of ether oxygens (including phenoxy) is 1. The van der Waals surface area contributed by atoms with E-state index < -0.39 is 12.0 Å². The van der Waals surface area contributed by atoms with Crippen molar-refractivity contribution in [3.63, 3.8) is 0 Å². The van der Waals surface area contributed by atoms with Gasteiger partial charge in [-0.25, -0.2) is 10.7 Å². The number of hydrogen-bond donors (Lipinski definition) is 2. The van der Waals surface area contributed by atoms with Crippen molar-refractivity contribution >= 4 is 11.9 Å². The number of amides is 1. The molecule has 0 aromatic heterocycles. The summed E-state index contributed by atoms with van der Waals surface area (Å²) in [6, 6.07) is 8.51. The third-order valence-electron chi connectivity index (χ3n) is 2.55. The molecule has 1 aromatic carbocycles. The fraction of sp³-hybridized carbons (Fsp3) is 0.385. The molecular weight excluding hydrogens is 248 g/mol. The largest absolute Gasteiger partial charge is 0.467 e. The topological polar surface area (TPSA) is 90.7 Å². The second kappa shape index (κ2) is 8.23. The van der Waals surface area contributed by atoms with Gasteiger partial charge >= 0.3 is 5.97 Å². The van der Waals surface area contributed by atoms with Crippen LogP contribution < -0.4 is 11.2 Å². The Kier molecular flexibility index (Phi) is 6.56. The summed E-state index contributed by atoms with van der Waals surface area (Å²) in [6.45, 7) is 0.158. The molecule has 3 N–H and O–H groups in total. The van der Waals surface area contributed by atoms with Crippen molar-refractivity contribution in [2.24, 2.45) is 5.90 Å². The van der Waals surface area contributed by atoms with Gasteiger partial charge in [0.1, 0.15) is 6.04 Å². The van der Waals surface area contributed by atoms with Crippen LogP contribution in [0.2, 0.25) is 0 Å². The van der Waals surface area contributed by atoms with Crippen molar-refractivity contribution < 1.29 is 19.2 Å². The summed E-state index contributed by atoms with van der Waals surface area (Å²) in [6.07, 6.45) is 0.474. The molecule has 0 radical (unpaired) electrons. The smallest absolute Gasteiger partial charge is 0.328 e. The van der Waals surface area contributed by atoms with Crippen molar-refractivity contribution in [3.8, 4) is 0 Å². The summed E-state index contributed by atoms with van der Waals surface area (Å²) in [5.41, 5.74) is 0.874. The van der Waals surface area contributed by atoms with Gasteiger partial charge in [0, 0.05) is 6.42 Å². The Morgan fingerprint density at radius 3 is 2.58 bits per heavy atom. The predicted octanol–water partition coefficient (Wildman–Crippen LogP) is 0.167. The van der Waals surface area contributed by atoms with Gasteiger partial charge in [-0.05, 0) is 5.56 Å². The average molecular weight is 266 g/mol. The average Bonchev–Trinajstić information content (AvgIpc) is 2.43. The first-order chi connectivity index (χ1) is 9.17. The molecule has 0 aliphatic carbocycles. The van der Waals surface area contributed by atoms with Crippen LogP contribution >= 0.6 is 0 Å². The highest BCUT2D eigenvalue weighted by molar-refractivity contribution is 5.85. The normalized spacial score (nSPS) is 11.7. The standard InChI is InChI=1S/C13H18N2O4/c1-18-13(17)11(7-8-19-14)15-12(16)9-10-5-3-2-4-6-10/h2-6,11H,7-9,14H2,1H3,(H,15,16). The lowest BCUT2D eigenvalue weighted by molar-refractivity contribution is -0.145. The second-order valence-corrected chi connectivity index (χ2v) is 3.97. The molecule has 19 heavy (non-hydrogen) atoms. The summed E-state index contributed by atoms with van der Waals surface area (Å²) >= 11 is 0. The molecule has 104 valence electrons. The number of methoxy groups -OCH3 is 1. The van der Waals surface area contributed by atoms with E-state index >= 15 is 0 Å². The van der Waals surface area contributed by atoms with E-state index in [0.29, 0.717) is 0 Å². The maximum atomic E-state index is 11.8. The van der Waals surface area contributed by atoms with E-state index in [1.165, 1.54) is 7.11 Å². The van der Waals surface area contributed by atoms with Gasteiger partial charge < -0.3 is 14.9 Å². The number of carbonyl (C=O) groups excluding carboxylic acids is 2. The first kappa shape index (κ1) is 15.1. The van der Waals surface area contributed by atoms with E-state index in [1.807, 2.05) is 30.3 Å². The van der Waals surface area contributed by atoms with Gasteiger partial charge in [-0.2, -0.15) is 0 Å². The third kappa shape index (κ3) is 5.50. The number of esters is 1. The monoisotopic (exact) mass is 266 g/mol. The van der Waals surface area contributed by atoms with Gasteiger partial charge in [-0.15, -0.1) is 0 Å². The first-order valence-electron chi connectivity index (χ1n) is 5.90. The maximum absolute atomic E-state index is 11.8. The number of nitrogens with one attached hydrogen (secondary N) is 1. The zero-order valence-electron chi connectivity index (χ0n) is 10.8. The van der Waals surface area contributed by atoms with E-state index in [4.69, 9.17) is 5.90 Å². The molecule has 6 heteroatoms. The molecule has 1 amide bonds. The van der Waals surface area contributed by atoms with Gasteiger partial charge in [0.2, 0.25) is 5.91 Å². The number of carbonyl (C=O) groups is 2. The van der Waals surface area contributed by atoms with Crippen molar-refractivity contribution in [2.45, 2.75) is 18.9 Å². The Balaban J connectivity index is 2.53. The highest BCUT2D eigenvalue weighted by atomic mass is 16.6. The Bertz CT molecular complexity index is 408. The van der Waals surface area contributed by atoms with E-state index in [0.717, 1.165) is 5.56 Å². The van der Waals surface area contributed by atoms with Crippen LogP contribution in [0.15, 0.2) is 30.3 Å². The van der Waals surface area contributed by atoms with E-state index in [9.17, 15) is 9.59 Å². The lowest BCUT2D eigenvalue weighted by atomic mass is 10.1. The molecule has 0 bridgehead atoms. The molecule has 1 unspecified atom stereocenters. The number of benzene rings is 1. The van der Waals surface area contributed by atoms with Crippen LogP contribution in [-0.4, -0.2) is 31.6 Å². The van der Waals surface area contributed by atoms with Crippen molar-refractivity contribution in [3.05, 3.63) is 35.9 Å². The minimum absolute atomic E-state index is 0.158. The molecular formula is C13H18N2O4. The van der Waals surface area contributed by atoms with Crippen LogP contribution in [0.3, 0.4) is 0 Å². The first-order valence-corrected chi connectivity index (χ1v) is 5.90. The quantitative estimate of drug-likeness (QED) is 0.542. The fourth-order valence-corrected chi connectivity index (χ4v) is 1.60. The summed E-state index contributed by atoms with van der Waals surface area (Å²) in [7, 11) is 1.27. The minimum Gasteiger partial charge on any atom is -0.467 e. The fourth-order valence-electron chi connectivity index (χ4n) is 1.60. The van der Waals surface area contributed by atoms with Crippen LogP contribution in [0, 0.1) is 0 Å². The zero-order chi connectivity index (χ0) is 14.1. The molecule has 0 aliphatic rings. The van der Waals surface area contributed by atoms with Crippen LogP contribution in [0.5, 0.6) is 0 Å². The van der Waals surface area contributed by atoms with Gasteiger partial charge in [0.05, 0.1) is 20.1 Å². The van der Waals surface area contributed by atoms with Crippen molar-refractivity contribution in [1.29, 1.82) is 0 Å². The Hall–Kier alpha value is -1.92. The van der Waals surface area contributed by atoms with Crippen LogP contribution in [0.4, 0.5) is 0 Å². The maximum Gasteiger partial charge on any atom is 0.328 e. The zero-order valence-corrected chi connectivity index (χ0v) is 10.8. The molecule has 1 aromatic rings. The molecule has 0 saturated carbocycles. The highest BCUT2D eigenvalue weighted by Gasteiger charge is 2.21. The summed E-state index contributed by atoms with van der Waals surface area (Å²) in [5.74, 6) is 4.14. The third-order valence-corrected chi connectivity index (χ3v) is 2.55. The summed E-state index contributed by atoms with van der Waals surface area (Å²) in [5, 5.41) is 2.60. The molecule has 0 saturated heterocycles. The Morgan fingerprint density at radius 2 is 2.00 bits per heavy atom. The van der Waals surface area contributed by atoms with Gasteiger partial charge in [-0.3, -0.25) is 4.79 Å². The molecule has 1 atom stereocenters. The van der Waals surface area contributed by atoms with E-state index in [1.54, 1.807) is 0 Å². The minimum atomic E-state index is -0.746. The van der Waals surface area contributed by atoms with Crippen LogP contribution in [0.25, 0.3) is 0 Å². The molecule has 1 rings (SSSR count). The predicted molar refractivity (Wildman–Crippen MR) is 68.8 cm³/mol. The van der Waals surface area contributed by atoms with Crippen LogP contribution in [-0.2, 0) is 25.6 Å². The summed E-state index contributed by atoms with van der Waals surface area (Å²) in [4.78, 5) is 27.7. The highest BCUT2D eigenvalue weighted by Crippen LogP contribution is 2.01. The molecule has 0 fully saturated rings. The molecule has 0 aliphatic heterocycles. The van der Waals surface area contributed by atoms with Crippen molar-refractivity contribution in [2.75, 3.05) is 13.7 Å². The second-order valence-electron chi connectivity index (χ2n) is 3.97. The van der Waals surface area contributed by atoms with E-state index in [-0.39, 0.29) is 25.4 Å². The van der Waals surface area contributed by atoms with Crippen LogP contribution in [0.1, 0.15) is 12.0 Å². The molecule has 0 spiro atoms. The van der Waals surface area contributed by atoms with Crippen molar-refractivity contribution in [1.82, 2.24) is 5.32 Å². The number of nitrogens with two attached hydrogens (primary N) is 1. The number of rotatable bonds is 7. The summed E-state index contributed by atoms with van der Waals surface area (Å²) < 4.78 is 4.61. The number of hydrogen-bond acceptors (Lipinski definition) is 5. The van der Waals surface area contributed by atoms with Gasteiger partial charge in [0.25, 0.3) is 0 Å². The van der Waals surface area contributed by atoms with Gasteiger partial charge in [0.15, 0.2) is 0 Å². The SMILES string of the molecule is COC(=O)C(CCON)NC(=O)Cc1ccccc1.